The van der Waals surface area contributed by atoms with E-state index in [-0.39, 0.29) is 12.1 Å². The van der Waals surface area contributed by atoms with E-state index in [2.05, 4.69) is 16.8 Å². The van der Waals surface area contributed by atoms with Crippen LogP contribution in [0.4, 0.5) is 4.79 Å². The first-order valence-corrected chi connectivity index (χ1v) is 10.5. The second-order valence-corrected chi connectivity index (χ2v) is 8.29. The van der Waals surface area contributed by atoms with Gasteiger partial charge in [-0.1, -0.05) is 30.3 Å². The Morgan fingerprint density at radius 1 is 1.15 bits per heavy atom. The van der Waals surface area contributed by atoms with Crippen LogP contribution in [0.5, 0.6) is 0 Å². The second kappa shape index (κ2) is 10.1. The minimum Gasteiger partial charge on any atom is -0.445 e. The molecule has 0 spiro atoms. The molecule has 2 fully saturated rings. The van der Waals surface area contributed by atoms with E-state index in [1.54, 1.807) is 0 Å². The summed E-state index contributed by atoms with van der Waals surface area (Å²) in [5.41, 5.74) is 1.03. The van der Waals surface area contributed by atoms with E-state index in [0.717, 1.165) is 31.6 Å². The first-order valence-electron chi connectivity index (χ1n) is 10.5. The molecule has 2 heterocycles. The number of likely N-dealkylation sites (N-methyl/N-ethyl adjacent to an activating group) is 1. The van der Waals surface area contributed by atoms with Gasteiger partial charge in [0.05, 0.1) is 0 Å². The van der Waals surface area contributed by atoms with Crippen LogP contribution in [0.15, 0.2) is 30.3 Å². The molecule has 0 aliphatic carbocycles. The summed E-state index contributed by atoms with van der Waals surface area (Å²) in [5, 5.41) is 0. The number of carbonyl (C=O) groups excluding carboxylic acids is 1. The lowest BCUT2D eigenvalue weighted by atomic mass is 9.90. The Hall–Kier alpha value is -1.59. The Morgan fingerprint density at radius 3 is 2.48 bits per heavy atom. The molecule has 0 aromatic heterocycles. The van der Waals surface area contributed by atoms with Crippen LogP contribution in [0.1, 0.15) is 37.7 Å². The molecule has 2 saturated heterocycles. The lowest BCUT2D eigenvalue weighted by molar-refractivity contribution is 0.0732. The van der Waals surface area contributed by atoms with Crippen LogP contribution in [0.3, 0.4) is 0 Å². The largest absolute Gasteiger partial charge is 0.445 e. The third-order valence-electron chi connectivity index (χ3n) is 6.15. The van der Waals surface area contributed by atoms with Crippen LogP contribution in [-0.4, -0.2) is 73.7 Å². The average Bonchev–Trinajstić information content (AvgIpc) is 3.20. The zero-order chi connectivity index (χ0) is 19.1. The van der Waals surface area contributed by atoms with Crippen LogP contribution >= 0.6 is 0 Å². The van der Waals surface area contributed by atoms with E-state index in [9.17, 15) is 4.79 Å². The maximum Gasteiger partial charge on any atom is 0.410 e. The summed E-state index contributed by atoms with van der Waals surface area (Å²) in [5.74, 6) is 0.707. The molecular formula is C22H35N3O2. The van der Waals surface area contributed by atoms with E-state index in [0.29, 0.717) is 12.5 Å². The van der Waals surface area contributed by atoms with Crippen molar-refractivity contribution in [3.8, 4) is 0 Å². The van der Waals surface area contributed by atoms with Crippen molar-refractivity contribution < 1.29 is 9.53 Å². The summed E-state index contributed by atoms with van der Waals surface area (Å²) in [4.78, 5) is 19.5. The standard InChI is InChI=1S/C22H35N3O2/c1-23-14-10-19(11-15-23)16-21(17-25-12-6-7-13-25)24(2)22(26)27-18-20-8-4-3-5-9-20/h3-5,8-9,19,21H,6-7,10-18H2,1-2H3/t21-/m0/s1. The lowest BCUT2D eigenvalue weighted by Crippen LogP contribution is -2.46. The van der Waals surface area contributed by atoms with E-state index >= 15 is 0 Å². The molecule has 150 valence electrons. The topological polar surface area (TPSA) is 36.0 Å². The first kappa shape index (κ1) is 20.2. The van der Waals surface area contributed by atoms with E-state index < -0.39 is 0 Å². The van der Waals surface area contributed by atoms with Crippen molar-refractivity contribution >= 4 is 6.09 Å². The molecule has 0 N–H and O–H groups in total. The van der Waals surface area contributed by atoms with Gasteiger partial charge in [-0.25, -0.2) is 4.79 Å². The highest BCUT2D eigenvalue weighted by Gasteiger charge is 2.29. The molecule has 1 atom stereocenters. The Bertz CT molecular complexity index is 566. The van der Waals surface area contributed by atoms with Crippen molar-refractivity contribution in [3.63, 3.8) is 0 Å². The quantitative estimate of drug-likeness (QED) is 0.733. The van der Waals surface area contributed by atoms with Gasteiger partial charge in [-0.15, -0.1) is 0 Å². The van der Waals surface area contributed by atoms with Crippen LogP contribution in [0.25, 0.3) is 0 Å². The molecule has 1 aromatic rings. The van der Waals surface area contributed by atoms with Crippen LogP contribution in [0.2, 0.25) is 0 Å². The molecule has 0 unspecified atom stereocenters. The van der Waals surface area contributed by atoms with Gasteiger partial charge in [0.1, 0.15) is 6.61 Å². The predicted octanol–water partition coefficient (Wildman–Crippen LogP) is 3.45. The monoisotopic (exact) mass is 373 g/mol. The number of rotatable bonds is 7. The Balaban J connectivity index is 1.56. The normalized spacial score (nSPS) is 20.5. The highest BCUT2D eigenvalue weighted by atomic mass is 16.6. The summed E-state index contributed by atoms with van der Waals surface area (Å²) >= 11 is 0. The van der Waals surface area contributed by atoms with Crippen molar-refractivity contribution in [1.82, 2.24) is 14.7 Å². The molecule has 27 heavy (non-hydrogen) atoms. The van der Waals surface area contributed by atoms with Crippen molar-refractivity contribution in [3.05, 3.63) is 35.9 Å². The highest BCUT2D eigenvalue weighted by Crippen LogP contribution is 2.24. The van der Waals surface area contributed by atoms with Gasteiger partial charge in [0.15, 0.2) is 0 Å². The van der Waals surface area contributed by atoms with Gasteiger partial charge in [-0.05, 0) is 76.8 Å². The Morgan fingerprint density at radius 2 is 1.81 bits per heavy atom. The van der Waals surface area contributed by atoms with Gasteiger partial charge in [0.25, 0.3) is 0 Å². The van der Waals surface area contributed by atoms with Gasteiger partial charge < -0.3 is 19.4 Å². The molecule has 5 nitrogen and oxygen atoms in total. The number of hydrogen-bond acceptors (Lipinski definition) is 4. The number of piperidine rings is 1. The minimum absolute atomic E-state index is 0.198. The Kier molecular flexibility index (Phi) is 7.53. The summed E-state index contributed by atoms with van der Waals surface area (Å²) in [6, 6.07) is 10.2. The fraction of sp³-hybridized carbons (Fsp3) is 0.682. The van der Waals surface area contributed by atoms with Crippen molar-refractivity contribution in [2.75, 3.05) is 46.8 Å². The summed E-state index contributed by atoms with van der Waals surface area (Å²) in [6.45, 7) is 5.98. The number of carbonyl (C=O) groups is 1. The predicted molar refractivity (Wildman–Crippen MR) is 109 cm³/mol. The molecule has 0 saturated carbocycles. The van der Waals surface area contributed by atoms with Gasteiger partial charge >= 0.3 is 6.09 Å². The maximum atomic E-state index is 12.7. The van der Waals surface area contributed by atoms with Crippen molar-refractivity contribution in [2.24, 2.45) is 5.92 Å². The lowest BCUT2D eigenvalue weighted by Gasteiger charge is -2.36. The van der Waals surface area contributed by atoms with E-state index in [1.165, 1.54) is 38.8 Å². The number of hydrogen-bond donors (Lipinski definition) is 0. The van der Waals surface area contributed by atoms with E-state index in [1.807, 2.05) is 42.3 Å². The number of nitrogens with zero attached hydrogens (tertiary/aromatic N) is 3. The zero-order valence-electron chi connectivity index (χ0n) is 17.0. The second-order valence-electron chi connectivity index (χ2n) is 8.29. The molecule has 5 heteroatoms. The molecule has 2 aliphatic heterocycles. The minimum atomic E-state index is -0.198. The Labute approximate surface area is 164 Å². The van der Waals surface area contributed by atoms with Gasteiger partial charge in [-0.3, -0.25) is 0 Å². The third-order valence-corrected chi connectivity index (χ3v) is 6.15. The number of amides is 1. The van der Waals surface area contributed by atoms with Gasteiger partial charge in [-0.2, -0.15) is 0 Å². The summed E-state index contributed by atoms with van der Waals surface area (Å²) in [7, 11) is 4.12. The van der Waals surface area contributed by atoms with Crippen LogP contribution in [0, 0.1) is 5.92 Å². The van der Waals surface area contributed by atoms with Crippen molar-refractivity contribution in [1.29, 1.82) is 0 Å². The first-order chi connectivity index (χ1) is 13.1. The van der Waals surface area contributed by atoms with Crippen LogP contribution in [-0.2, 0) is 11.3 Å². The van der Waals surface area contributed by atoms with Gasteiger partial charge in [0, 0.05) is 19.6 Å². The fourth-order valence-electron chi connectivity index (χ4n) is 4.27. The number of likely N-dealkylation sites (tertiary alicyclic amines) is 2. The molecule has 3 rings (SSSR count). The third kappa shape index (κ3) is 6.22. The maximum absolute atomic E-state index is 12.7. The number of ether oxygens (including phenoxy) is 1. The molecule has 2 aliphatic rings. The average molecular weight is 374 g/mol. The zero-order valence-corrected chi connectivity index (χ0v) is 17.0. The van der Waals surface area contributed by atoms with Crippen LogP contribution < -0.4 is 0 Å². The summed E-state index contributed by atoms with van der Waals surface area (Å²) in [6.07, 6.45) is 5.92. The molecule has 0 radical (unpaired) electrons. The SMILES string of the molecule is CN1CCC(C[C@@H](CN2CCCC2)N(C)C(=O)OCc2ccccc2)CC1. The summed E-state index contributed by atoms with van der Waals surface area (Å²) < 4.78 is 5.60. The van der Waals surface area contributed by atoms with Gasteiger partial charge in [0.2, 0.25) is 0 Å². The van der Waals surface area contributed by atoms with Crippen molar-refractivity contribution in [2.45, 2.75) is 44.8 Å². The number of benzene rings is 1. The molecule has 0 bridgehead atoms. The van der Waals surface area contributed by atoms with E-state index in [4.69, 9.17) is 4.74 Å². The molecule has 1 amide bonds. The molecular weight excluding hydrogens is 338 g/mol. The highest BCUT2D eigenvalue weighted by molar-refractivity contribution is 5.67. The smallest absolute Gasteiger partial charge is 0.410 e. The fourth-order valence-corrected chi connectivity index (χ4v) is 4.27. The molecule has 1 aromatic carbocycles.